The Morgan fingerprint density at radius 1 is 0.895 bits per heavy atom. The highest BCUT2D eigenvalue weighted by molar-refractivity contribution is 5.92. The molecule has 8 heteroatoms. The molecule has 1 aromatic carbocycles. The molecule has 0 spiro atoms. The number of hydrogen-bond donors (Lipinski definition) is 4. The highest BCUT2D eigenvalue weighted by Crippen LogP contribution is 2.48. The van der Waals surface area contributed by atoms with Crippen molar-refractivity contribution in [1.29, 1.82) is 0 Å². The van der Waals surface area contributed by atoms with Gasteiger partial charge in [0.05, 0.1) is 18.1 Å². The first-order valence-corrected chi connectivity index (χ1v) is 12.5. The van der Waals surface area contributed by atoms with Crippen molar-refractivity contribution >= 4 is 16.5 Å². The maximum absolute atomic E-state index is 14.2. The Balaban J connectivity index is 2.57. The molecule has 1 aliphatic carbocycles. The Labute approximate surface area is 222 Å². The number of benzene rings is 1. The first kappa shape index (κ1) is 29.2. The first-order chi connectivity index (χ1) is 17.8. The molecular formula is C30H38O8. The van der Waals surface area contributed by atoms with E-state index in [0.29, 0.717) is 11.1 Å². The van der Waals surface area contributed by atoms with Crippen LogP contribution in [-0.2, 0) is 22.3 Å². The van der Waals surface area contributed by atoms with E-state index in [1.54, 1.807) is 0 Å². The van der Waals surface area contributed by atoms with Gasteiger partial charge in [-0.2, -0.15) is 0 Å². The molecule has 2 atom stereocenters. The van der Waals surface area contributed by atoms with Crippen LogP contribution in [0.5, 0.6) is 11.5 Å². The van der Waals surface area contributed by atoms with E-state index < -0.39 is 23.1 Å². The van der Waals surface area contributed by atoms with Crippen LogP contribution >= 0.6 is 0 Å². The molecule has 1 heterocycles. The third kappa shape index (κ3) is 5.04. The number of aliphatic hydroxyl groups is 2. The second-order valence-corrected chi connectivity index (χ2v) is 10.3. The molecule has 2 aromatic rings. The SMILES string of the molecule is COC1=C(CC=C(C)C)c2oc3c(O)c(O)c(CC=C(C)C)c(CC=C(C)C)c3c(=O)c2C(O)C1(O)OC. The number of fused-ring (bicyclic) bond motifs is 2. The van der Waals surface area contributed by atoms with Crippen molar-refractivity contribution in [2.75, 3.05) is 14.2 Å². The zero-order valence-corrected chi connectivity index (χ0v) is 23.4. The van der Waals surface area contributed by atoms with E-state index >= 15 is 0 Å². The molecule has 1 aromatic heterocycles. The summed E-state index contributed by atoms with van der Waals surface area (Å²) in [6.45, 7) is 11.4. The minimum Gasteiger partial charge on any atom is -0.504 e. The quantitative estimate of drug-likeness (QED) is 0.207. The zero-order valence-electron chi connectivity index (χ0n) is 23.4. The second-order valence-electron chi connectivity index (χ2n) is 10.3. The summed E-state index contributed by atoms with van der Waals surface area (Å²) in [6.07, 6.45) is 4.51. The maximum Gasteiger partial charge on any atom is 0.257 e. The molecule has 0 aliphatic heterocycles. The van der Waals surface area contributed by atoms with E-state index in [4.69, 9.17) is 13.9 Å². The number of allylic oxidation sites excluding steroid dienone is 7. The van der Waals surface area contributed by atoms with E-state index in [1.165, 1.54) is 14.2 Å². The molecule has 8 nitrogen and oxygen atoms in total. The van der Waals surface area contributed by atoms with Gasteiger partial charge >= 0.3 is 0 Å². The van der Waals surface area contributed by atoms with Gasteiger partial charge in [-0.05, 0) is 66.4 Å². The largest absolute Gasteiger partial charge is 0.504 e. The van der Waals surface area contributed by atoms with Crippen LogP contribution in [0.25, 0.3) is 16.5 Å². The van der Waals surface area contributed by atoms with Crippen LogP contribution in [0.3, 0.4) is 0 Å². The molecule has 38 heavy (non-hydrogen) atoms. The van der Waals surface area contributed by atoms with E-state index in [1.807, 2.05) is 59.8 Å². The summed E-state index contributed by atoms with van der Waals surface area (Å²) in [5.41, 5.74) is 3.01. The Morgan fingerprint density at radius 2 is 1.42 bits per heavy atom. The van der Waals surface area contributed by atoms with Crippen molar-refractivity contribution in [2.45, 2.75) is 72.7 Å². The number of phenolic OH excluding ortho intramolecular Hbond substituents is 2. The monoisotopic (exact) mass is 526 g/mol. The third-order valence-electron chi connectivity index (χ3n) is 6.71. The van der Waals surface area contributed by atoms with Crippen molar-refractivity contribution in [3.05, 3.63) is 73.4 Å². The summed E-state index contributed by atoms with van der Waals surface area (Å²) in [7, 11) is 2.52. The molecule has 206 valence electrons. The van der Waals surface area contributed by atoms with Crippen LogP contribution in [0.1, 0.15) is 76.5 Å². The summed E-state index contributed by atoms with van der Waals surface area (Å²) in [5.74, 6) is -3.46. The molecule has 0 bridgehead atoms. The molecular weight excluding hydrogens is 488 g/mol. The summed E-state index contributed by atoms with van der Waals surface area (Å²) in [6, 6.07) is 0. The van der Waals surface area contributed by atoms with Gasteiger partial charge in [0.2, 0.25) is 5.75 Å². The van der Waals surface area contributed by atoms with Crippen LogP contribution in [0.4, 0.5) is 0 Å². The lowest BCUT2D eigenvalue weighted by Crippen LogP contribution is -2.46. The van der Waals surface area contributed by atoms with Crippen LogP contribution in [0, 0.1) is 0 Å². The highest BCUT2D eigenvalue weighted by atomic mass is 16.7. The van der Waals surface area contributed by atoms with Crippen LogP contribution in [0.2, 0.25) is 0 Å². The normalized spacial score (nSPS) is 18.7. The van der Waals surface area contributed by atoms with Crippen molar-refractivity contribution in [3.8, 4) is 11.5 Å². The van der Waals surface area contributed by atoms with Crippen molar-refractivity contribution in [1.82, 2.24) is 0 Å². The fourth-order valence-electron chi connectivity index (χ4n) is 4.67. The van der Waals surface area contributed by atoms with Gasteiger partial charge in [-0.15, -0.1) is 0 Å². The Morgan fingerprint density at radius 3 is 1.92 bits per heavy atom. The van der Waals surface area contributed by atoms with Gasteiger partial charge in [0.15, 0.2) is 22.5 Å². The summed E-state index contributed by atoms with van der Waals surface area (Å²) in [5, 5.41) is 44.8. The minimum absolute atomic E-state index is 0.0219. The number of ether oxygens (including phenoxy) is 2. The molecule has 0 amide bonds. The predicted octanol–water partition coefficient (Wildman–Crippen LogP) is 5.32. The smallest absolute Gasteiger partial charge is 0.257 e. The van der Waals surface area contributed by atoms with Gasteiger partial charge in [-0.3, -0.25) is 4.79 Å². The predicted molar refractivity (Wildman–Crippen MR) is 147 cm³/mol. The van der Waals surface area contributed by atoms with Crippen LogP contribution in [0.15, 0.2) is 49.9 Å². The lowest BCUT2D eigenvalue weighted by molar-refractivity contribution is -0.239. The van der Waals surface area contributed by atoms with E-state index in [2.05, 4.69) is 0 Å². The summed E-state index contributed by atoms with van der Waals surface area (Å²) in [4.78, 5) is 14.2. The van der Waals surface area contributed by atoms with Gasteiger partial charge in [-0.25, -0.2) is 0 Å². The Hall–Kier alpha value is -3.33. The lowest BCUT2D eigenvalue weighted by Gasteiger charge is -2.37. The number of methoxy groups -OCH3 is 2. The topological polar surface area (TPSA) is 130 Å². The Bertz CT molecular complexity index is 1420. The van der Waals surface area contributed by atoms with E-state index in [0.717, 1.165) is 16.7 Å². The Kier molecular flexibility index (Phi) is 8.61. The molecule has 3 rings (SSSR count). The fraction of sp³-hybridized carbons (Fsp3) is 0.433. The van der Waals surface area contributed by atoms with Crippen LogP contribution in [-0.4, -0.2) is 40.4 Å². The van der Waals surface area contributed by atoms with Crippen LogP contribution < -0.4 is 5.43 Å². The summed E-state index contributed by atoms with van der Waals surface area (Å²) >= 11 is 0. The van der Waals surface area contributed by atoms with E-state index in [9.17, 15) is 25.2 Å². The van der Waals surface area contributed by atoms with Gasteiger partial charge in [0, 0.05) is 18.2 Å². The molecule has 1 aliphatic rings. The molecule has 0 fully saturated rings. The number of aromatic hydroxyl groups is 2. The lowest BCUT2D eigenvalue weighted by atomic mass is 9.84. The number of hydrogen-bond acceptors (Lipinski definition) is 8. The van der Waals surface area contributed by atoms with Gasteiger partial charge < -0.3 is 34.3 Å². The fourth-order valence-corrected chi connectivity index (χ4v) is 4.67. The van der Waals surface area contributed by atoms with Gasteiger partial charge in [0.25, 0.3) is 5.79 Å². The number of aliphatic hydroxyl groups excluding tert-OH is 1. The van der Waals surface area contributed by atoms with Crippen molar-refractivity contribution < 1.29 is 34.3 Å². The minimum atomic E-state index is -2.35. The second kappa shape index (κ2) is 11.2. The van der Waals surface area contributed by atoms with Gasteiger partial charge in [-0.1, -0.05) is 34.9 Å². The van der Waals surface area contributed by atoms with Gasteiger partial charge in [0.1, 0.15) is 11.9 Å². The average molecular weight is 527 g/mol. The highest BCUT2D eigenvalue weighted by Gasteiger charge is 2.51. The maximum atomic E-state index is 14.2. The summed E-state index contributed by atoms with van der Waals surface area (Å²) < 4.78 is 16.9. The molecule has 0 saturated carbocycles. The standard InChI is InChI=1S/C30H38O8/c1-15(2)9-12-18-19(13-10-16(3)4)23(31)25(33)27-21(18)24(32)22-26(38-27)20(14-11-17(5)6)29(36-7)30(35,37-8)28(22)34/h9-11,28,31,33-35H,12-14H2,1-8H3. The third-order valence-corrected chi connectivity index (χ3v) is 6.71. The van der Waals surface area contributed by atoms with E-state index in [-0.39, 0.29) is 58.6 Å². The number of rotatable bonds is 8. The average Bonchev–Trinajstić information content (AvgIpc) is 2.85. The number of phenols is 2. The zero-order chi connectivity index (χ0) is 28.5. The molecule has 0 radical (unpaired) electrons. The van der Waals surface area contributed by atoms with Crippen molar-refractivity contribution in [2.24, 2.45) is 0 Å². The first-order valence-electron chi connectivity index (χ1n) is 12.5. The van der Waals surface area contributed by atoms with Crippen molar-refractivity contribution in [3.63, 3.8) is 0 Å². The molecule has 0 saturated heterocycles. The molecule has 4 N–H and O–H groups in total. The molecule has 2 unspecified atom stereocenters.